The highest BCUT2D eigenvalue weighted by Crippen LogP contribution is 2.38. The van der Waals surface area contributed by atoms with Crippen molar-refractivity contribution in [3.05, 3.63) is 35.4 Å². The van der Waals surface area contributed by atoms with Gasteiger partial charge in [0.2, 0.25) is 0 Å². The van der Waals surface area contributed by atoms with Crippen LogP contribution in [0.5, 0.6) is 0 Å². The van der Waals surface area contributed by atoms with Gasteiger partial charge >= 0.3 is 0 Å². The van der Waals surface area contributed by atoms with E-state index in [1.165, 1.54) is 18.2 Å². The molecule has 100 valence electrons. The molecular formula is C14H20F2N2. The largest absolute Gasteiger partial charge is 0.330 e. The number of benzene rings is 1. The summed E-state index contributed by atoms with van der Waals surface area (Å²) in [6.07, 6.45) is 1.89. The summed E-state index contributed by atoms with van der Waals surface area (Å²) in [5, 5.41) is 0. The molecule has 0 saturated carbocycles. The molecule has 2 N–H and O–H groups in total. The van der Waals surface area contributed by atoms with Crippen molar-refractivity contribution in [2.24, 2.45) is 11.7 Å². The summed E-state index contributed by atoms with van der Waals surface area (Å²) >= 11 is 0. The van der Waals surface area contributed by atoms with Crippen molar-refractivity contribution in [2.45, 2.75) is 25.8 Å². The highest BCUT2D eigenvalue weighted by molar-refractivity contribution is 5.25. The minimum Gasteiger partial charge on any atom is -0.330 e. The molecule has 2 nitrogen and oxygen atoms in total. The van der Waals surface area contributed by atoms with Gasteiger partial charge in [0.1, 0.15) is 11.6 Å². The third-order valence-electron chi connectivity index (χ3n) is 3.74. The van der Waals surface area contributed by atoms with Crippen molar-refractivity contribution in [3.8, 4) is 0 Å². The SMILES string of the molecule is CCCN1CCC(CN)C1c1c(F)cccc1F. The standard InChI is InChI=1S/C14H20F2N2/c1-2-7-18-8-6-10(9-17)14(18)13-11(15)4-3-5-12(13)16/h3-5,10,14H,2,6-9,17H2,1H3. The van der Waals surface area contributed by atoms with Gasteiger partial charge in [0.15, 0.2) is 0 Å². The molecule has 1 heterocycles. The third kappa shape index (κ3) is 2.40. The van der Waals surface area contributed by atoms with E-state index in [1.807, 2.05) is 0 Å². The van der Waals surface area contributed by atoms with Gasteiger partial charge in [-0.2, -0.15) is 0 Å². The van der Waals surface area contributed by atoms with Crippen LogP contribution >= 0.6 is 0 Å². The maximum Gasteiger partial charge on any atom is 0.130 e. The fourth-order valence-corrected chi connectivity index (χ4v) is 2.92. The second kappa shape index (κ2) is 5.76. The highest BCUT2D eigenvalue weighted by atomic mass is 19.1. The van der Waals surface area contributed by atoms with Crippen LogP contribution in [0.25, 0.3) is 0 Å². The quantitative estimate of drug-likeness (QED) is 0.895. The number of halogens is 2. The molecule has 0 aromatic heterocycles. The summed E-state index contributed by atoms with van der Waals surface area (Å²) in [6, 6.07) is 3.85. The molecule has 1 aliphatic heterocycles. The van der Waals surface area contributed by atoms with E-state index in [-0.39, 0.29) is 17.5 Å². The van der Waals surface area contributed by atoms with Gasteiger partial charge in [0.05, 0.1) is 0 Å². The molecule has 1 aromatic carbocycles. The Morgan fingerprint density at radius 3 is 2.56 bits per heavy atom. The van der Waals surface area contributed by atoms with Crippen LogP contribution in [0.4, 0.5) is 8.78 Å². The second-order valence-corrected chi connectivity index (χ2v) is 4.90. The van der Waals surface area contributed by atoms with Crippen LogP contribution in [0.3, 0.4) is 0 Å². The lowest BCUT2D eigenvalue weighted by molar-refractivity contribution is 0.220. The summed E-state index contributed by atoms with van der Waals surface area (Å²) in [5.74, 6) is -0.772. The topological polar surface area (TPSA) is 29.3 Å². The zero-order valence-electron chi connectivity index (χ0n) is 10.7. The van der Waals surface area contributed by atoms with E-state index in [9.17, 15) is 8.78 Å². The molecule has 4 heteroatoms. The first-order valence-electron chi connectivity index (χ1n) is 6.57. The third-order valence-corrected chi connectivity index (χ3v) is 3.74. The van der Waals surface area contributed by atoms with E-state index >= 15 is 0 Å². The Balaban J connectivity index is 2.37. The number of nitrogens with zero attached hydrogens (tertiary/aromatic N) is 1. The average Bonchev–Trinajstić information content (AvgIpc) is 2.73. The van der Waals surface area contributed by atoms with E-state index < -0.39 is 11.6 Å². The number of likely N-dealkylation sites (tertiary alicyclic amines) is 1. The van der Waals surface area contributed by atoms with Gasteiger partial charge in [-0.3, -0.25) is 4.90 Å². The van der Waals surface area contributed by atoms with Gasteiger partial charge in [0.25, 0.3) is 0 Å². The second-order valence-electron chi connectivity index (χ2n) is 4.90. The Morgan fingerprint density at radius 1 is 1.33 bits per heavy atom. The fraction of sp³-hybridized carbons (Fsp3) is 0.571. The first-order chi connectivity index (χ1) is 8.69. The summed E-state index contributed by atoms with van der Waals surface area (Å²) in [4.78, 5) is 2.15. The Morgan fingerprint density at radius 2 is 2.00 bits per heavy atom. The lowest BCUT2D eigenvalue weighted by Gasteiger charge is -2.28. The van der Waals surface area contributed by atoms with Crippen molar-refractivity contribution in [1.29, 1.82) is 0 Å². The summed E-state index contributed by atoms with van der Waals surface area (Å²) in [5.41, 5.74) is 5.94. The average molecular weight is 254 g/mol. The van der Waals surface area contributed by atoms with Crippen LogP contribution in [0.15, 0.2) is 18.2 Å². The fourth-order valence-electron chi connectivity index (χ4n) is 2.92. The Bertz CT molecular complexity index is 389. The molecular weight excluding hydrogens is 234 g/mol. The number of hydrogen-bond donors (Lipinski definition) is 1. The molecule has 1 fully saturated rings. The van der Waals surface area contributed by atoms with E-state index in [2.05, 4.69) is 11.8 Å². The van der Waals surface area contributed by atoms with Gasteiger partial charge in [-0.1, -0.05) is 13.0 Å². The lowest BCUT2D eigenvalue weighted by Crippen LogP contribution is -2.30. The Kier molecular flexibility index (Phi) is 4.30. The van der Waals surface area contributed by atoms with E-state index in [4.69, 9.17) is 5.73 Å². The van der Waals surface area contributed by atoms with Gasteiger partial charge in [0, 0.05) is 11.6 Å². The van der Waals surface area contributed by atoms with Gasteiger partial charge in [-0.25, -0.2) is 8.78 Å². The zero-order chi connectivity index (χ0) is 13.1. The molecule has 2 unspecified atom stereocenters. The Hall–Kier alpha value is -1.00. The van der Waals surface area contributed by atoms with Crippen LogP contribution in [-0.2, 0) is 0 Å². The van der Waals surface area contributed by atoms with E-state index in [1.54, 1.807) is 0 Å². The van der Waals surface area contributed by atoms with Crippen molar-refractivity contribution in [3.63, 3.8) is 0 Å². The highest BCUT2D eigenvalue weighted by Gasteiger charge is 2.36. The van der Waals surface area contributed by atoms with Crippen molar-refractivity contribution < 1.29 is 8.78 Å². The predicted octanol–water partition coefficient (Wildman–Crippen LogP) is 2.70. The minimum atomic E-state index is -0.457. The summed E-state index contributed by atoms with van der Waals surface area (Å²) < 4.78 is 27.8. The molecule has 2 atom stereocenters. The van der Waals surface area contributed by atoms with Crippen LogP contribution in [0.2, 0.25) is 0 Å². The minimum absolute atomic E-state index is 0.142. The maximum atomic E-state index is 13.9. The summed E-state index contributed by atoms with van der Waals surface area (Å²) in [7, 11) is 0. The number of hydrogen-bond acceptors (Lipinski definition) is 2. The van der Waals surface area contributed by atoms with E-state index in [0.29, 0.717) is 6.54 Å². The number of nitrogens with two attached hydrogens (primary N) is 1. The lowest BCUT2D eigenvalue weighted by atomic mass is 9.93. The van der Waals surface area contributed by atoms with Crippen molar-refractivity contribution in [1.82, 2.24) is 4.90 Å². The smallest absolute Gasteiger partial charge is 0.130 e. The molecule has 1 saturated heterocycles. The maximum absolute atomic E-state index is 13.9. The van der Waals surface area contributed by atoms with Crippen LogP contribution in [-0.4, -0.2) is 24.5 Å². The van der Waals surface area contributed by atoms with Crippen molar-refractivity contribution >= 4 is 0 Å². The van der Waals surface area contributed by atoms with Crippen LogP contribution in [0.1, 0.15) is 31.4 Å². The van der Waals surface area contributed by atoms with Crippen LogP contribution in [0, 0.1) is 17.6 Å². The molecule has 0 amide bonds. The van der Waals surface area contributed by atoms with Gasteiger partial charge in [-0.15, -0.1) is 0 Å². The van der Waals surface area contributed by atoms with Gasteiger partial charge < -0.3 is 5.73 Å². The molecule has 0 aliphatic carbocycles. The molecule has 1 aromatic rings. The summed E-state index contributed by atoms with van der Waals surface area (Å²) in [6.45, 7) is 4.27. The zero-order valence-corrected chi connectivity index (χ0v) is 10.7. The van der Waals surface area contributed by atoms with E-state index in [0.717, 1.165) is 25.9 Å². The monoisotopic (exact) mass is 254 g/mol. The normalized spacial score (nSPS) is 24.7. The van der Waals surface area contributed by atoms with Crippen molar-refractivity contribution in [2.75, 3.05) is 19.6 Å². The Labute approximate surface area is 107 Å². The molecule has 2 rings (SSSR count). The number of rotatable bonds is 4. The molecule has 0 bridgehead atoms. The first-order valence-corrected chi connectivity index (χ1v) is 6.57. The van der Waals surface area contributed by atoms with Gasteiger partial charge in [-0.05, 0) is 50.5 Å². The first kappa shape index (κ1) is 13.4. The molecule has 18 heavy (non-hydrogen) atoms. The molecule has 0 radical (unpaired) electrons. The molecule has 1 aliphatic rings. The predicted molar refractivity (Wildman–Crippen MR) is 68.1 cm³/mol. The molecule has 0 spiro atoms. The van der Waals surface area contributed by atoms with Crippen LogP contribution < -0.4 is 5.73 Å².